The highest BCUT2D eigenvalue weighted by Crippen LogP contribution is 2.40. The van der Waals surface area contributed by atoms with Crippen molar-refractivity contribution in [1.29, 1.82) is 0 Å². The van der Waals surface area contributed by atoms with Gasteiger partial charge in [0.1, 0.15) is 0 Å². The average molecular weight is 467 g/mol. The molecule has 0 saturated carbocycles. The van der Waals surface area contributed by atoms with Gasteiger partial charge in [0.25, 0.3) is 0 Å². The monoisotopic (exact) mass is 465 g/mol. The van der Waals surface area contributed by atoms with Gasteiger partial charge in [0.2, 0.25) is 0 Å². The van der Waals surface area contributed by atoms with Gasteiger partial charge in [-0.25, -0.2) is 9.50 Å². The average Bonchev–Trinajstić information content (AvgIpc) is 3.02. The summed E-state index contributed by atoms with van der Waals surface area (Å²) < 4.78 is 43.5. The number of fused-ring (bicyclic) bond motifs is 1. The Morgan fingerprint density at radius 1 is 0.964 bits per heavy atom. The fourth-order valence-electron chi connectivity index (χ4n) is 3.05. The summed E-state index contributed by atoms with van der Waals surface area (Å²) in [5, 5.41) is 4.35. The molecule has 0 atom stereocenters. The molecule has 0 saturated heterocycles. The smallest absolute Gasteiger partial charge is 0.233 e. The summed E-state index contributed by atoms with van der Waals surface area (Å²) in [7, 11) is 0. The second-order valence-corrected chi connectivity index (χ2v) is 7.61. The number of rotatable bonds is 2. The Balaban J connectivity index is 2.08. The molecular weight excluding hydrogens is 455 g/mol. The second-order valence-electron chi connectivity index (χ2n) is 6.25. The molecule has 2 heterocycles. The van der Waals surface area contributed by atoms with Crippen molar-refractivity contribution >= 4 is 33.2 Å². The van der Waals surface area contributed by atoms with Crippen molar-refractivity contribution in [2.24, 2.45) is 0 Å². The van der Waals surface area contributed by atoms with Gasteiger partial charge < -0.3 is 0 Å². The third-order valence-corrected chi connectivity index (χ3v) is 5.04. The van der Waals surface area contributed by atoms with Crippen molar-refractivity contribution in [1.82, 2.24) is 14.6 Å². The summed E-state index contributed by atoms with van der Waals surface area (Å²) >= 11 is 9.27. The molecule has 4 aromatic rings. The van der Waals surface area contributed by atoms with Gasteiger partial charge in [0.15, 0.2) is 11.3 Å². The Bertz CT molecular complexity index is 1170. The van der Waals surface area contributed by atoms with Crippen molar-refractivity contribution in [3.8, 4) is 22.4 Å². The number of halogens is 5. The first-order valence-electron chi connectivity index (χ1n) is 8.23. The van der Waals surface area contributed by atoms with Crippen molar-refractivity contribution in [3.63, 3.8) is 0 Å². The van der Waals surface area contributed by atoms with E-state index in [4.69, 9.17) is 11.6 Å². The highest BCUT2D eigenvalue weighted by Gasteiger charge is 2.39. The molecule has 8 heteroatoms. The molecule has 0 aliphatic carbocycles. The topological polar surface area (TPSA) is 30.2 Å². The molecule has 0 radical (unpaired) electrons. The minimum atomic E-state index is -4.63. The van der Waals surface area contributed by atoms with E-state index in [9.17, 15) is 13.2 Å². The SMILES string of the molecule is Cc1cc(-c2ccc(Br)cc2)n2nc(C(F)(F)F)c(-c3ccc(Cl)cc3)c2n1. The minimum absolute atomic E-state index is 0.0637. The molecule has 4 rings (SSSR count). The fraction of sp³-hybridized carbons (Fsp3) is 0.100. The Morgan fingerprint density at radius 3 is 2.18 bits per heavy atom. The molecule has 0 N–H and O–H groups in total. The molecule has 0 unspecified atom stereocenters. The number of benzene rings is 2. The number of nitrogens with zero attached hydrogens (tertiary/aromatic N) is 3. The molecule has 142 valence electrons. The number of alkyl halides is 3. The van der Waals surface area contributed by atoms with Crippen LogP contribution >= 0.6 is 27.5 Å². The summed E-state index contributed by atoms with van der Waals surface area (Å²) in [5.41, 5.74) is 1.31. The molecule has 0 amide bonds. The third-order valence-electron chi connectivity index (χ3n) is 4.26. The molecule has 0 aliphatic rings. The van der Waals surface area contributed by atoms with E-state index in [2.05, 4.69) is 26.0 Å². The molecule has 28 heavy (non-hydrogen) atoms. The predicted molar refractivity (Wildman–Crippen MR) is 106 cm³/mol. The van der Waals surface area contributed by atoms with E-state index < -0.39 is 11.9 Å². The Hall–Kier alpha value is -2.38. The van der Waals surface area contributed by atoms with E-state index in [1.165, 1.54) is 16.6 Å². The van der Waals surface area contributed by atoms with Crippen LogP contribution < -0.4 is 0 Å². The number of hydrogen-bond donors (Lipinski definition) is 0. The maximum absolute atomic E-state index is 13.8. The van der Waals surface area contributed by atoms with E-state index in [0.29, 0.717) is 22.0 Å². The lowest BCUT2D eigenvalue weighted by Gasteiger charge is -2.08. The van der Waals surface area contributed by atoms with Crippen LogP contribution in [0.2, 0.25) is 5.02 Å². The quantitative estimate of drug-likeness (QED) is 0.325. The van der Waals surface area contributed by atoms with Gasteiger partial charge in [-0.2, -0.15) is 18.3 Å². The van der Waals surface area contributed by atoms with Crippen LogP contribution in [0.25, 0.3) is 28.0 Å². The Kier molecular flexibility index (Phi) is 4.67. The normalized spacial score (nSPS) is 11.9. The molecule has 2 aromatic carbocycles. The lowest BCUT2D eigenvalue weighted by molar-refractivity contribution is -0.140. The minimum Gasteiger partial charge on any atom is -0.233 e. The van der Waals surface area contributed by atoms with Crippen molar-refractivity contribution < 1.29 is 13.2 Å². The van der Waals surface area contributed by atoms with Crippen LogP contribution in [0.15, 0.2) is 59.1 Å². The highest BCUT2D eigenvalue weighted by atomic mass is 79.9. The summed E-state index contributed by atoms with van der Waals surface area (Å²) in [6, 6.07) is 15.2. The van der Waals surface area contributed by atoms with Crippen LogP contribution in [-0.4, -0.2) is 14.6 Å². The van der Waals surface area contributed by atoms with E-state index in [1.54, 1.807) is 25.1 Å². The molecular formula is C20H12BrClF3N3. The van der Waals surface area contributed by atoms with E-state index in [-0.39, 0.29) is 11.2 Å². The third kappa shape index (κ3) is 3.40. The molecule has 2 aromatic heterocycles. The maximum Gasteiger partial charge on any atom is 0.435 e. The Morgan fingerprint density at radius 2 is 1.57 bits per heavy atom. The number of aryl methyl sites for hydroxylation is 1. The summed E-state index contributed by atoms with van der Waals surface area (Å²) in [6.45, 7) is 1.74. The molecule has 0 aliphatic heterocycles. The van der Waals surface area contributed by atoms with Gasteiger partial charge in [-0.05, 0) is 42.8 Å². The maximum atomic E-state index is 13.8. The largest absolute Gasteiger partial charge is 0.435 e. The van der Waals surface area contributed by atoms with E-state index in [1.807, 2.05) is 24.3 Å². The van der Waals surface area contributed by atoms with Gasteiger partial charge in [0.05, 0.1) is 11.3 Å². The van der Waals surface area contributed by atoms with Crippen LogP contribution in [0.1, 0.15) is 11.4 Å². The van der Waals surface area contributed by atoms with Crippen LogP contribution in [0.3, 0.4) is 0 Å². The predicted octanol–water partition coefficient (Wildman–Crippen LogP) is 6.81. The van der Waals surface area contributed by atoms with Crippen molar-refractivity contribution in [3.05, 3.63) is 75.5 Å². The van der Waals surface area contributed by atoms with E-state index in [0.717, 1.165) is 10.0 Å². The first kappa shape index (κ1) is 19.0. The summed E-state index contributed by atoms with van der Waals surface area (Å²) in [5.74, 6) is 0. The number of aromatic nitrogens is 3. The van der Waals surface area contributed by atoms with Crippen LogP contribution in [0.4, 0.5) is 13.2 Å². The first-order valence-corrected chi connectivity index (χ1v) is 9.40. The standard InChI is InChI=1S/C20H12BrClF3N3/c1-11-10-16(12-2-6-14(21)7-3-12)28-19(26-11)17(18(27-28)20(23,24)25)13-4-8-15(22)9-5-13/h2-10H,1H3. The molecule has 3 nitrogen and oxygen atoms in total. The fourth-order valence-corrected chi connectivity index (χ4v) is 3.44. The zero-order valence-electron chi connectivity index (χ0n) is 14.4. The van der Waals surface area contributed by atoms with E-state index >= 15 is 0 Å². The summed E-state index contributed by atoms with van der Waals surface area (Å²) in [6.07, 6.45) is -4.63. The highest BCUT2D eigenvalue weighted by molar-refractivity contribution is 9.10. The van der Waals surface area contributed by atoms with Gasteiger partial charge in [-0.15, -0.1) is 0 Å². The first-order chi connectivity index (χ1) is 13.2. The Labute approximate surface area is 171 Å². The second kappa shape index (κ2) is 6.90. The molecule has 0 spiro atoms. The zero-order chi connectivity index (χ0) is 20.1. The lowest BCUT2D eigenvalue weighted by atomic mass is 10.1. The van der Waals surface area contributed by atoms with Crippen LogP contribution in [-0.2, 0) is 6.18 Å². The van der Waals surface area contributed by atoms with Crippen molar-refractivity contribution in [2.75, 3.05) is 0 Å². The molecule has 0 fully saturated rings. The zero-order valence-corrected chi connectivity index (χ0v) is 16.8. The number of hydrogen-bond acceptors (Lipinski definition) is 2. The van der Waals surface area contributed by atoms with Crippen molar-refractivity contribution in [2.45, 2.75) is 13.1 Å². The molecule has 0 bridgehead atoms. The van der Waals surface area contributed by atoms with Gasteiger partial charge in [-0.1, -0.05) is 51.8 Å². The van der Waals surface area contributed by atoms with Gasteiger partial charge in [0, 0.05) is 20.8 Å². The van der Waals surface area contributed by atoms with Gasteiger partial charge >= 0.3 is 6.18 Å². The van der Waals surface area contributed by atoms with Gasteiger partial charge in [-0.3, -0.25) is 0 Å². The van der Waals surface area contributed by atoms with Crippen LogP contribution in [0.5, 0.6) is 0 Å². The summed E-state index contributed by atoms with van der Waals surface area (Å²) in [4.78, 5) is 4.37. The lowest BCUT2D eigenvalue weighted by Crippen LogP contribution is -2.08. The van der Waals surface area contributed by atoms with Crippen LogP contribution in [0, 0.1) is 6.92 Å².